The van der Waals surface area contributed by atoms with E-state index in [0.29, 0.717) is 6.42 Å². The van der Waals surface area contributed by atoms with Crippen LogP contribution in [0.25, 0.3) is 0 Å². The van der Waals surface area contributed by atoms with Gasteiger partial charge in [0.25, 0.3) is 0 Å². The fourth-order valence-corrected chi connectivity index (χ4v) is 1.93. The van der Waals surface area contributed by atoms with Crippen LogP contribution >= 0.6 is 0 Å². The van der Waals surface area contributed by atoms with E-state index in [-0.39, 0.29) is 5.78 Å². The molecule has 1 aromatic carbocycles. The third kappa shape index (κ3) is 2.51. The van der Waals surface area contributed by atoms with E-state index in [2.05, 4.69) is 6.07 Å². The Bertz CT molecular complexity index is 419. The lowest BCUT2D eigenvalue weighted by molar-refractivity contribution is -0.114. The quantitative estimate of drug-likeness (QED) is 0.723. The molecule has 1 heterocycles. The summed E-state index contributed by atoms with van der Waals surface area (Å²) in [6.07, 6.45) is 5.82. The zero-order valence-electron chi connectivity index (χ0n) is 9.53. The van der Waals surface area contributed by atoms with E-state index in [4.69, 9.17) is 4.74 Å². The van der Waals surface area contributed by atoms with Crippen LogP contribution in [-0.2, 0) is 17.6 Å². The maximum atomic E-state index is 11.3. The molecule has 84 valence electrons. The van der Waals surface area contributed by atoms with Gasteiger partial charge in [-0.2, -0.15) is 0 Å². The van der Waals surface area contributed by atoms with E-state index >= 15 is 0 Å². The first-order chi connectivity index (χ1) is 7.79. The normalized spacial score (nSPS) is 13.8. The molecule has 0 spiro atoms. The number of ketones is 1. The van der Waals surface area contributed by atoms with Crippen LogP contribution in [0.3, 0.4) is 0 Å². The SMILES string of the molecule is C/C=C/C(=O)CCc1ccc2c(c1)CCO2. The maximum absolute atomic E-state index is 11.3. The Morgan fingerprint density at radius 1 is 1.50 bits per heavy atom. The third-order valence-corrected chi connectivity index (χ3v) is 2.77. The van der Waals surface area contributed by atoms with E-state index in [1.807, 2.05) is 19.1 Å². The molecule has 2 nitrogen and oxygen atoms in total. The van der Waals surface area contributed by atoms with E-state index in [1.54, 1.807) is 12.2 Å². The lowest BCUT2D eigenvalue weighted by atomic mass is 10.0. The minimum Gasteiger partial charge on any atom is -0.493 e. The van der Waals surface area contributed by atoms with Gasteiger partial charge in [-0.25, -0.2) is 0 Å². The number of hydrogen-bond donors (Lipinski definition) is 0. The number of carbonyl (C=O) groups excluding carboxylic acids is 1. The van der Waals surface area contributed by atoms with Gasteiger partial charge in [0.15, 0.2) is 5.78 Å². The van der Waals surface area contributed by atoms with Crippen molar-refractivity contribution in [2.75, 3.05) is 6.61 Å². The molecule has 1 aliphatic heterocycles. The van der Waals surface area contributed by atoms with Crippen LogP contribution in [0, 0.1) is 0 Å². The Kier molecular flexibility index (Phi) is 3.40. The molecule has 0 amide bonds. The molecule has 0 aromatic heterocycles. The van der Waals surface area contributed by atoms with Gasteiger partial charge < -0.3 is 4.74 Å². The van der Waals surface area contributed by atoms with Crippen LogP contribution in [-0.4, -0.2) is 12.4 Å². The molecule has 0 bridgehead atoms. The van der Waals surface area contributed by atoms with Gasteiger partial charge in [0.1, 0.15) is 5.75 Å². The van der Waals surface area contributed by atoms with Crippen LogP contribution < -0.4 is 4.74 Å². The number of benzene rings is 1. The number of rotatable bonds is 4. The van der Waals surface area contributed by atoms with Crippen molar-refractivity contribution in [1.82, 2.24) is 0 Å². The minimum atomic E-state index is 0.194. The molecule has 0 unspecified atom stereocenters. The van der Waals surface area contributed by atoms with Gasteiger partial charge in [-0.3, -0.25) is 4.79 Å². The second-order valence-corrected chi connectivity index (χ2v) is 4.01. The summed E-state index contributed by atoms with van der Waals surface area (Å²) in [5, 5.41) is 0. The Labute approximate surface area is 95.9 Å². The smallest absolute Gasteiger partial charge is 0.155 e. The Morgan fingerprint density at radius 3 is 3.19 bits per heavy atom. The average molecular weight is 216 g/mol. The van der Waals surface area contributed by atoms with Crippen molar-refractivity contribution in [2.45, 2.75) is 26.2 Å². The lowest BCUT2D eigenvalue weighted by Crippen LogP contribution is -1.96. The Balaban J connectivity index is 1.98. The summed E-state index contributed by atoms with van der Waals surface area (Å²) in [6, 6.07) is 6.22. The summed E-state index contributed by atoms with van der Waals surface area (Å²) < 4.78 is 5.44. The van der Waals surface area contributed by atoms with Gasteiger partial charge in [0.05, 0.1) is 6.61 Å². The Morgan fingerprint density at radius 2 is 2.38 bits per heavy atom. The van der Waals surface area contributed by atoms with Gasteiger partial charge in [0, 0.05) is 12.8 Å². The molecule has 0 fully saturated rings. The summed E-state index contributed by atoms with van der Waals surface area (Å²) in [7, 11) is 0. The summed E-state index contributed by atoms with van der Waals surface area (Å²) in [5.41, 5.74) is 2.50. The van der Waals surface area contributed by atoms with Crippen molar-refractivity contribution in [3.8, 4) is 5.75 Å². The molecule has 16 heavy (non-hydrogen) atoms. The zero-order valence-corrected chi connectivity index (χ0v) is 9.53. The molecule has 2 rings (SSSR count). The van der Waals surface area contributed by atoms with Crippen molar-refractivity contribution < 1.29 is 9.53 Å². The van der Waals surface area contributed by atoms with Crippen LogP contribution in [0.15, 0.2) is 30.4 Å². The first-order valence-electron chi connectivity index (χ1n) is 5.69. The van der Waals surface area contributed by atoms with E-state index in [0.717, 1.165) is 25.2 Å². The number of allylic oxidation sites excluding steroid dienone is 2. The van der Waals surface area contributed by atoms with Gasteiger partial charge in [-0.1, -0.05) is 18.2 Å². The summed E-state index contributed by atoms with van der Waals surface area (Å²) in [6.45, 7) is 2.65. The molecule has 0 atom stereocenters. The third-order valence-electron chi connectivity index (χ3n) is 2.77. The van der Waals surface area contributed by atoms with Crippen molar-refractivity contribution >= 4 is 5.78 Å². The van der Waals surface area contributed by atoms with E-state index in [9.17, 15) is 4.79 Å². The van der Waals surface area contributed by atoms with Crippen LogP contribution in [0.4, 0.5) is 0 Å². The number of fused-ring (bicyclic) bond motifs is 1. The lowest BCUT2D eigenvalue weighted by Gasteiger charge is -2.02. The molecular formula is C14H16O2. The topological polar surface area (TPSA) is 26.3 Å². The maximum Gasteiger partial charge on any atom is 0.155 e. The molecular weight excluding hydrogens is 200 g/mol. The second-order valence-electron chi connectivity index (χ2n) is 4.01. The highest BCUT2D eigenvalue weighted by Crippen LogP contribution is 2.26. The van der Waals surface area contributed by atoms with Crippen molar-refractivity contribution in [1.29, 1.82) is 0 Å². The molecule has 1 aliphatic rings. The van der Waals surface area contributed by atoms with Gasteiger partial charge in [-0.15, -0.1) is 0 Å². The molecule has 1 aromatic rings. The van der Waals surface area contributed by atoms with Crippen molar-refractivity contribution in [3.05, 3.63) is 41.5 Å². The standard InChI is InChI=1S/C14H16O2/c1-2-3-13(15)6-4-11-5-7-14-12(10-11)8-9-16-14/h2-3,5,7,10H,4,6,8-9H2,1H3/b3-2+. The summed E-state index contributed by atoms with van der Waals surface area (Å²) in [5.74, 6) is 1.20. The van der Waals surface area contributed by atoms with E-state index < -0.39 is 0 Å². The summed E-state index contributed by atoms with van der Waals surface area (Å²) >= 11 is 0. The molecule has 0 N–H and O–H groups in total. The van der Waals surface area contributed by atoms with Crippen LogP contribution in [0.5, 0.6) is 5.75 Å². The minimum absolute atomic E-state index is 0.194. The first kappa shape index (κ1) is 10.9. The van der Waals surface area contributed by atoms with Crippen LogP contribution in [0.1, 0.15) is 24.5 Å². The number of carbonyl (C=O) groups is 1. The highest BCUT2D eigenvalue weighted by molar-refractivity contribution is 5.89. The largest absolute Gasteiger partial charge is 0.493 e. The predicted octanol–water partition coefficient (Wildman–Crippen LogP) is 2.70. The molecule has 0 saturated carbocycles. The summed E-state index contributed by atoms with van der Waals surface area (Å²) in [4.78, 5) is 11.3. The molecule has 2 heteroatoms. The zero-order chi connectivity index (χ0) is 11.4. The molecule has 0 saturated heterocycles. The fourth-order valence-electron chi connectivity index (χ4n) is 1.93. The highest BCUT2D eigenvalue weighted by Gasteiger charge is 2.11. The first-order valence-corrected chi connectivity index (χ1v) is 5.69. The molecule has 0 aliphatic carbocycles. The highest BCUT2D eigenvalue weighted by atomic mass is 16.5. The molecule has 0 radical (unpaired) electrons. The number of ether oxygens (including phenoxy) is 1. The predicted molar refractivity (Wildman–Crippen MR) is 63.8 cm³/mol. The van der Waals surface area contributed by atoms with Crippen molar-refractivity contribution in [3.63, 3.8) is 0 Å². The van der Waals surface area contributed by atoms with Gasteiger partial charge >= 0.3 is 0 Å². The monoisotopic (exact) mass is 216 g/mol. The average Bonchev–Trinajstić information content (AvgIpc) is 2.74. The van der Waals surface area contributed by atoms with Gasteiger partial charge in [-0.05, 0) is 36.6 Å². The number of aryl methyl sites for hydroxylation is 1. The Hall–Kier alpha value is -1.57. The fraction of sp³-hybridized carbons (Fsp3) is 0.357. The van der Waals surface area contributed by atoms with Gasteiger partial charge in [0.2, 0.25) is 0 Å². The van der Waals surface area contributed by atoms with E-state index in [1.165, 1.54) is 11.1 Å². The van der Waals surface area contributed by atoms with Crippen LogP contribution in [0.2, 0.25) is 0 Å². The number of hydrogen-bond acceptors (Lipinski definition) is 2. The van der Waals surface area contributed by atoms with Crippen molar-refractivity contribution in [2.24, 2.45) is 0 Å². The second kappa shape index (κ2) is 4.97.